The Kier molecular flexibility index (Phi) is 2.58. The molecule has 1 N–H and O–H groups in total. The first-order valence-electron chi connectivity index (χ1n) is 5.42. The Morgan fingerprint density at radius 1 is 1.50 bits per heavy atom. The molecular formula is C12H16N2O2. The van der Waals surface area contributed by atoms with E-state index in [0.717, 1.165) is 25.3 Å². The Hall–Kier alpha value is -1.58. The maximum absolute atomic E-state index is 10.7. The molecule has 0 aliphatic carbocycles. The van der Waals surface area contributed by atoms with Crippen LogP contribution in [0.4, 0.5) is 5.82 Å². The summed E-state index contributed by atoms with van der Waals surface area (Å²) in [5.74, 6) is -0.0589. The standard InChI is InChI=1S/C12H16N2O2/c1-12(2)5-6-14(8-12)10-4-3-9(7-13-10)11(15)16/h3-4,7H,5-6,8H2,1-2H3,(H,15,16). The lowest BCUT2D eigenvalue weighted by molar-refractivity contribution is 0.0696. The highest BCUT2D eigenvalue weighted by atomic mass is 16.4. The van der Waals surface area contributed by atoms with Crippen LogP contribution in [-0.4, -0.2) is 29.1 Å². The number of pyridine rings is 1. The number of carbonyl (C=O) groups is 1. The molecule has 0 saturated carbocycles. The highest BCUT2D eigenvalue weighted by Gasteiger charge is 2.29. The molecule has 4 heteroatoms. The minimum absolute atomic E-state index is 0.238. The van der Waals surface area contributed by atoms with Crippen LogP contribution in [0.2, 0.25) is 0 Å². The Morgan fingerprint density at radius 2 is 2.25 bits per heavy atom. The quantitative estimate of drug-likeness (QED) is 0.828. The Labute approximate surface area is 94.9 Å². The van der Waals surface area contributed by atoms with Gasteiger partial charge >= 0.3 is 5.97 Å². The molecule has 0 amide bonds. The summed E-state index contributed by atoms with van der Waals surface area (Å²) in [6.45, 7) is 6.44. The molecule has 0 unspecified atom stereocenters. The van der Waals surface area contributed by atoms with Crippen molar-refractivity contribution in [1.29, 1.82) is 0 Å². The molecule has 86 valence electrons. The van der Waals surface area contributed by atoms with Crippen LogP contribution in [-0.2, 0) is 0 Å². The molecule has 1 aliphatic heterocycles. The number of aromatic carboxylic acids is 1. The number of hydrogen-bond donors (Lipinski definition) is 1. The number of carboxylic acid groups (broad SMARTS) is 1. The van der Waals surface area contributed by atoms with Gasteiger partial charge in [-0.05, 0) is 24.0 Å². The zero-order valence-corrected chi connectivity index (χ0v) is 9.60. The van der Waals surface area contributed by atoms with Crippen LogP contribution in [0.1, 0.15) is 30.6 Å². The minimum Gasteiger partial charge on any atom is -0.478 e. The largest absolute Gasteiger partial charge is 0.478 e. The van der Waals surface area contributed by atoms with Gasteiger partial charge in [-0.15, -0.1) is 0 Å². The van der Waals surface area contributed by atoms with Crippen LogP contribution >= 0.6 is 0 Å². The lowest BCUT2D eigenvalue weighted by atomic mass is 9.93. The summed E-state index contributed by atoms with van der Waals surface area (Å²) in [5, 5.41) is 8.77. The molecular weight excluding hydrogens is 204 g/mol. The monoisotopic (exact) mass is 220 g/mol. The first-order valence-corrected chi connectivity index (χ1v) is 5.42. The van der Waals surface area contributed by atoms with E-state index >= 15 is 0 Å². The smallest absolute Gasteiger partial charge is 0.337 e. The fourth-order valence-electron chi connectivity index (χ4n) is 2.01. The summed E-state index contributed by atoms with van der Waals surface area (Å²) in [6.07, 6.45) is 2.57. The number of carboxylic acids is 1. The van der Waals surface area contributed by atoms with Crippen LogP contribution in [0.3, 0.4) is 0 Å². The second kappa shape index (κ2) is 3.77. The molecule has 1 fully saturated rings. The number of anilines is 1. The molecule has 1 saturated heterocycles. The van der Waals surface area contributed by atoms with E-state index in [2.05, 4.69) is 23.7 Å². The molecule has 0 aromatic carbocycles. The minimum atomic E-state index is -0.930. The molecule has 0 radical (unpaired) electrons. The van der Waals surface area contributed by atoms with Crippen LogP contribution in [0.25, 0.3) is 0 Å². The van der Waals surface area contributed by atoms with E-state index in [1.165, 1.54) is 6.20 Å². The van der Waals surface area contributed by atoms with Gasteiger partial charge in [0, 0.05) is 19.3 Å². The SMILES string of the molecule is CC1(C)CCN(c2ccc(C(=O)O)cn2)C1. The highest BCUT2D eigenvalue weighted by Crippen LogP contribution is 2.31. The lowest BCUT2D eigenvalue weighted by Crippen LogP contribution is -2.23. The molecule has 0 spiro atoms. The van der Waals surface area contributed by atoms with Gasteiger partial charge in [0.1, 0.15) is 5.82 Å². The third-order valence-electron chi connectivity index (χ3n) is 3.00. The zero-order valence-electron chi connectivity index (χ0n) is 9.60. The Bertz CT molecular complexity index is 398. The molecule has 1 aromatic rings. The lowest BCUT2D eigenvalue weighted by Gasteiger charge is -2.20. The number of nitrogens with zero attached hydrogens (tertiary/aromatic N) is 2. The van der Waals surface area contributed by atoms with Crippen LogP contribution in [0.15, 0.2) is 18.3 Å². The van der Waals surface area contributed by atoms with Crippen molar-refractivity contribution >= 4 is 11.8 Å². The predicted octanol–water partition coefficient (Wildman–Crippen LogP) is 2.02. The van der Waals surface area contributed by atoms with E-state index < -0.39 is 5.97 Å². The Morgan fingerprint density at radius 3 is 2.69 bits per heavy atom. The van der Waals surface area contributed by atoms with Crippen molar-refractivity contribution in [2.45, 2.75) is 20.3 Å². The summed E-state index contributed by atoms with van der Waals surface area (Å²) >= 11 is 0. The molecule has 0 atom stereocenters. The molecule has 2 heterocycles. The summed E-state index contributed by atoms with van der Waals surface area (Å²) < 4.78 is 0. The average Bonchev–Trinajstić information content (AvgIpc) is 2.59. The van der Waals surface area contributed by atoms with Gasteiger partial charge in [-0.1, -0.05) is 13.8 Å². The fourth-order valence-corrected chi connectivity index (χ4v) is 2.01. The fraction of sp³-hybridized carbons (Fsp3) is 0.500. The first-order chi connectivity index (χ1) is 7.48. The van der Waals surface area contributed by atoms with Gasteiger partial charge in [-0.25, -0.2) is 9.78 Å². The van der Waals surface area contributed by atoms with E-state index in [9.17, 15) is 4.79 Å². The Balaban J connectivity index is 2.14. The molecule has 0 bridgehead atoms. The molecule has 1 aliphatic rings. The summed E-state index contributed by atoms with van der Waals surface area (Å²) in [6, 6.07) is 3.39. The molecule has 16 heavy (non-hydrogen) atoms. The van der Waals surface area contributed by atoms with Gasteiger partial charge in [0.2, 0.25) is 0 Å². The van der Waals surface area contributed by atoms with Crippen molar-refractivity contribution < 1.29 is 9.90 Å². The van der Waals surface area contributed by atoms with Gasteiger partial charge in [0.15, 0.2) is 0 Å². The van der Waals surface area contributed by atoms with Gasteiger partial charge in [0.25, 0.3) is 0 Å². The summed E-state index contributed by atoms with van der Waals surface area (Å²) in [7, 11) is 0. The van der Waals surface area contributed by atoms with Crippen LogP contribution in [0, 0.1) is 5.41 Å². The summed E-state index contributed by atoms with van der Waals surface area (Å²) in [4.78, 5) is 17.1. The first kappa shape index (κ1) is 10.9. The number of aromatic nitrogens is 1. The maximum atomic E-state index is 10.7. The third kappa shape index (κ3) is 2.15. The van der Waals surface area contributed by atoms with E-state index in [1.807, 2.05) is 0 Å². The topological polar surface area (TPSA) is 53.4 Å². The van der Waals surface area contributed by atoms with Crippen molar-refractivity contribution in [1.82, 2.24) is 4.98 Å². The van der Waals surface area contributed by atoms with Gasteiger partial charge < -0.3 is 10.0 Å². The molecule has 4 nitrogen and oxygen atoms in total. The second-order valence-corrected chi connectivity index (χ2v) is 5.05. The van der Waals surface area contributed by atoms with Crippen molar-refractivity contribution in [3.8, 4) is 0 Å². The second-order valence-electron chi connectivity index (χ2n) is 5.05. The highest BCUT2D eigenvalue weighted by molar-refractivity contribution is 5.87. The van der Waals surface area contributed by atoms with Crippen LogP contribution < -0.4 is 4.90 Å². The van der Waals surface area contributed by atoms with E-state index in [4.69, 9.17) is 5.11 Å². The van der Waals surface area contributed by atoms with E-state index in [-0.39, 0.29) is 5.56 Å². The van der Waals surface area contributed by atoms with Crippen molar-refractivity contribution in [3.63, 3.8) is 0 Å². The van der Waals surface area contributed by atoms with Crippen LogP contribution in [0.5, 0.6) is 0 Å². The van der Waals surface area contributed by atoms with Gasteiger partial charge in [0.05, 0.1) is 5.56 Å². The van der Waals surface area contributed by atoms with Crippen molar-refractivity contribution in [2.75, 3.05) is 18.0 Å². The van der Waals surface area contributed by atoms with Gasteiger partial charge in [-0.2, -0.15) is 0 Å². The van der Waals surface area contributed by atoms with Crippen molar-refractivity contribution in [2.24, 2.45) is 5.41 Å². The van der Waals surface area contributed by atoms with Crippen molar-refractivity contribution in [3.05, 3.63) is 23.9 Å². The molecule has 2 rings (SSSR count). The number of rotatable bonds is 2. The third-order valence-corrected chi connectivity index (χ3v) is 3.00. The summed E-state index contributed by atoms with van der Waals surface area (Å²) in [5.41, 5.74) is 0.565. The maximum Gasteiger partial charge on any atom is 0.337 e. The van der Waals surface area contributed by atoms with Gasteiger partial charge in [-0.3, -0.25) is 0 Å². The van der Waals surface area contributed by atoms with E-state index in [1.54, 1.807) is 12.1 Å². The normalized spacial score (nSPS) is 18.8. The zero-order chi connectivity index (χ0) is 11.8. The average molecular weight is 220 g/mol. The van der Waals surface area contributed by atoms with E-state index in [0.29, 0.717) is 5.41 Å². The molecule has 1 aromatic heterocycles. The predicted molar refractivity (Wildman–Crippen MR) is 61.8 cm³/mol. The number of hydrogen-bond acceptors (Lipinski definition) is 3.